The minimum atomic E-state index is -3.34. The summed E-state index contributed by atoms with van der Waals surface area (Å²) in [7, 11) is -3.34. The molecule has 2 aromatic rings. The van der Waals surface area contributed by atoms with E-state index in [0.29, 0.717) is 5.69 Å². The molecular weight excluding hydrogens is 260 g/mol. The Morgan fingerprint density at radius 1 is 1.16 bits per heavy atom. The van der Waals surface area contributed by atoms with Crippen LogP contribution < -0.4 is 4.72 Å². The van der Waals surface area contributed by atoms with E-state index in [4.69, 9.17) is 0 Å². The molecule has 4 nitrogen and oxygen atoms in total. The van der Waals surface area contributed by atoms with Crippen LogP contribution in [0.25, 0.3) is 0 Å². The van der Waals surface area contributed by atoms with Crippen LogP contribution in [0.2, 0.25) is 0 Å². The van der Waals surface area contributed by atoms with Crippen molar-refractivity contribution in [3.05, 3.63) is 65.5 Å². The molecule has 0 saturated heterocycles. The largest absolute Gasteiger partial charge is 0.260 e. The van der Waals surface area contributed by atoms with Crippen LogP contribution in [-0.4, -0.2) is 13.4 Å². The van der Waals surface area contributed by atoms with E-state index >= 15 is 0 Å². The average molecular weight is 276 g/mol. The van der Waals surface area contributed by atoms with Crippen LogP contribution in [0.4, 0.5) is 0 Å². The Morgan fingerprint density at radius 3 is 2.68 bits per heavy atom. The lowest BCUT2D eigenvalue weighted by atomic mass is 10.2. The van der Waals surface area contributed by atoms with Gasteiger partial charge in [-0.2, -0.15) is 0 Å². The second kappa shape index (κ2) is 5.95. The maximum atomic E-state index is 11.9. The zero-order valence-corrected chi connectivity index (χ0v) is 11.5. The SMILES string of the molecule is Cc1cccc(CS(=O)(=O)NCc2ccccn2)c1. The van der Waals surface area contributed by atoms with Crippen molar-refractivity contribution in [3.8, 4) is 0 Å². The predicted molar refractivity (Wildman–Crippen MR) is 74.9 cm³/mol. The molecule has 5 heteroatoms. The zero-order chi connectivity index (χ0) is 13.7. The van der Waals surface area contributed by atoms with Gasteiger partial charge >= 0.3 is 0 Å². The molecule has 19 heavy (non-hydrogen) atoms. The topological polar surface area (TPSA) is 59.1 Å². The number of hydrogen-bond donors (Lipinski definition) is 1. The first-order valence-electron chi connectivity index (χ1n) is 5.98. The fraction of sp³-hybridized carbons (Fsp3) is 0.214. The van der Waals surface area contributed by atoms with Crippen molar-refractivity contribution in [2.45, 2.75) is 19.2 Å². The van der Waals surface area contributed by atoms with Gasteiger partial charge < -0.3 is 0 Å². The lowest BCUT2D eigenvalue weighted by molar-refractivity contribution is 0.579. The van der Waals surface area contributed by atoms with Crippen molar-refractivity contribution in [3.63, 3.8) is 0 Å². The molecule has 0 saturated carbocycles. The molecule has 0 amide bonds. The van der Waals surface area contributed by atoms with Gasteiger partial charge in [0.05, 0.1) is 18.0 Å². The third-order valence-electron chi connectivity index (χ3n) is 2.64. The molecular formula is C14H16N2O2S. The van der Waals surface area contributed by atoms with Gasteiger partial charge in [0.15, 0.2) is 0 Å². The van der Waals surface area contributed by atoms with Gasteiger partial charge in [-0.15, -0.1) is 0 Å². The summed E-state index contributed by atoms with van der Waals surface area (Å²) in [5.41, 5.74) is 2.54. The van der Waals surface area contributed by atoms with Crippen LogP contribution in [0.15, 0.2) is 48.7 Å². The van der Waals surface area contributed by atoms with Crippen molar-refractivity contribution in [1.82, 2.24) is 9.71 Å². The van der Waals surface area contributed by atoms with E-state index in [9.17, 15) is 8.42 Å². The molecule has 0 radical (unpaired) electrons. The van der Waals surface area contributed by atoms with E-state index in [1.165, 1.54) is 0 Å². The molecule has 2 rings (SSSR count). The lowest BCUT2D eigenvalue weighted by Gasteiger charge is -2.07. The van der Waals surface area contributed by atoms with Crippen LogP contribution in [0.1, 0.15) is 16.8 Å². The van der Waals surface area contributed by atoms with E-state index in [1.807, 2.05) is 37.3 Å². The number of sulfonamides is 1. The number of nitrogens with one attached hydrogen (secondary N) is 1. The first-order valence-corrected chi connectivity index (χ1v) is 7.63. The number of rotatable bonds is 5. The van der Waals surface area contributed by atoms with Gasteiger partial charge in [0.2, 0.25) is 10.0 Å². The highest BCUT2D eigenvalue weighted by molar-refractivity contribution is 7.88. The molecule has 0 aliphatic carbocycles. The van der Waals surface area contributed by atoms with Gasteiger partial charge in [0.1, 0.15) is 0 Å². The molecule has 0 aliphatic rings. The molecule has 1 heterocycles. The quantitative estimate of drug-likeness (QED) is 0.908. The standard InChI is InChI=1S/C14H16N2O2S/c1-12-5-4-6-13(9-12)11-19(17,18)16-10-14-7-2-3-8-15-14/h2-9,16H,10-11H2,1H3. The number of benzene rings is 1. The normalized spacial score (nSPS) is 11.4. The summed E-state index contributed by atoms with van der Waals surface area (Å²) in [5.74, 6) is -0.0124. The summed E-state index contributed by atoms with van der Waals surface area (Å²) in [4.78, 5) is 4.08. The number of nitrogens with zero attached hydrogens (tertiary/aromatic N) is 1. The van der Waals surface area contributed by atoms with E-state index < -0.39 is 10.0 Å². The number of pyridine rings is 1. The lowest BCUT2D eigenvalue weighted by Crippen LogP contribution is -2.25. The molecule has 0 bridgehead atoms. The monoisotopic (exact) mass is 276 g/mol. The predicted octanol–water partition coefficient (Wildman–Crippen LogP) is 2.01. The van der Waals surface area contributed by atoms with E-state index in [0.717, 1.165) is 11.1 Å². The van der Waals surface area contributed by atoms with Crippen molar-refractivity contribution in [2.75, 3.05) is 0 Å². The van der Waals surface area contributed by atoms with Gasteiger partial charge in [0.25, 0.3) is 0 Å². The highest BCUT2D eigenvalue weighted by Gasteiger charge is 2.11. The smallest absolute Gasteiger partial charge is 0.216 e. The third kappa shape index (κ3) is 4.46. The van der Waals surface area contributed by atoms with Crippen LogP contribution in [0.3, 0.4) is 0 Å². The van der Waals surface area contributed by atoms with E-state index in [1.54, 1.807) is 18.3 Å². The van der Waals surface area contributed by atoms with E-state index in [2.05, 4.69) is 9.71 Å². The molecule has 0 aliphatic heterocycles. The summed E-state index contributed by atoms with van der Waals surface area (Å²) in [6.07, 6.45) is 1.64. The van der Waals surface area contributed by atoms with Crippen molar-refractivity contribution >= 4 is 10.0 Å². The Morgan fingerprint density at radius 2 is 2.00 bits per heavy atom. The Kier molecular flexibility index (Phi) is 4.29. The zero-order valence-electron chi connectivity index (χ0n) is 10.7. The summed E-state index contributed by atoms with van der Waals surface area (Å²) < 4.78 is 26.4. The Balaban J connectivity index is 1.99. The summed E-state index contributed by atoms with van der Waals surface area (Å²) in [6, 6.07) is 12.9. The average Bonchev–Trinajstić information content (AvgIpc) is 2.37. The molecule has 1 N–H and O–H groups in total. The minimum Gasteiger partial charge on any atom is -0.260 e. The maximum absolute atomic E-state index is 11.9. The molecule has 1 aromatic carbocycles. The highest BCUT2D eigenvalue weighted by Crippen LogP contribution is 2.08. The Bertz CT molecular complexity index is 640. The van der Waals surface area contributed by atoms with Gasteiger partial charge in [-0.1, -0.05) is 35.9 Å². The first-order chi connectivity index (χ1) is 9.05. The fourth-order valence-corrected chi connectivity index (χ4v) is 2.85. The molecule has 0 atom stereocenters. The first kappa shape index (κ1) is 13.7. The second-order valence-corrected chi connectivity index (χ2v) is 6.20. The van der Waals surface area contributed by atoms with Crippen molar-refractivity contribution in [2.24, 2.45) is 0 Å². The maximum Gasteiger partial charge on any atom is 0.216 e. The number of aromatic nitrogens is 1. The summed E-state index contributed by atoms with van der Waals surface area (Å²) >= 11 is 0. The second-order valence-electron chi connectivity index (χ2n) is 4.39. The molecule has 100 valence electrons. The van der Waals surface area contributed by atoms with Crippen molar-refractivity contribution in [1.29, 1.82) is 0 Å². The molecule has 0 unspecified atom stereocenters. The third-order valence-corrected chi connectivity index (χ3v) is 3.94. The van der Waals surface area contributed by atoms with E-state index in [-0.39, 0.29) is 12.3 Å². The van der Waals surface area contributed by atoms with Gasteiger partial charge in [-0.05, 0) is 24.6 Å². The minimum absolute atomic E-state index is 0.0124. The summed E-state index contributed by atoms with van der Waals surface area (Å²) in [6.45, 7) is 2.16. The molecule has 1 aromatic heterocycles. The van der Waals surface area contributed by atoms with Gasteiger partial charge in [0, 0.05) is 6.20 Å². The molecule has 0 fully saturated rings. The Labute approximate surface area is 113 Å². The van der Waals surface area contributed by atoms with Gasteiger partial charge in [-0.25, -0.2) is 13.1 Å². The number of aryl methyl sites for hydroxylation is 1. The van der Waals surface area contributed by atoms with Crippen LogP contribution in [0, 0.1) is 6.92 Å². The molecule has 0 spiro atoms. The Hall–Kier alpha value is -1.72. The van der Waals surface area contributed by atoms with Gasteiger partial charge in [-0.3, -0.25) is 4.98 Å². The summed E-state index contributed by atoms with van der Waals surface area (Å²) in [5, 5.41) is 0. The van der Waals surface area contributed by atoms with Crippen LogP contribution >= 0.6 is 0 Å². The van der Waals surface area contributed by atoms with Crippen LogP contribution in [0.5, 0.6) is 0 Å². The van der Waals surface area contributed by atoms with Crippen molar-refractivity contribution < 1.29 is 8.42 Å². The number of hydrogen-bond acceptors (Lipinski definition) is 3. The fourth-order valence-electron chi connectivity index (χ4n) is 1.76. The highest BCUT2D eigenvalue weighted by atomic mass is 32.2. The van der Waals surface area contributed by atoms with Crippen LogP contribution in [-0.2, 0) is 22.3 Å².